The van der Waals surface area contributed by atoms with Crippen LogP contribution in [-0.2, 0) is 15.0 Å². The third-order valence-electron chi connectivity index (χ3n) is 3.06. The number of carbonyl (C=O) groups excluding carboxylic acids is 2. The summed E-state index contributed by atoms with van der Waals surface area (Å²) in [5.41, 5.74) is 4.00. The molecular weight excluding hydrogens is 294 g/mol. The Kier molecular flexibility index (Phi) is 6.90. The van der Waals surface area contributed by atoms with Crippen LogP contribution in [0.25, 0.3) is 0 Å². The van der Waals surface area contributed by atoms with Crippen LogP contribution < -0.4 is 4.72 Å². The van der Waals surface area contributed by atoms with E-state index in [4.69, 9.17) is 9.59 Å². The molecular formula is C18H21NO2S. The summed E-state index contributed by atoms with van der Waals surface area (Å²) in [5, 5.41) is 0. The van der Waals surface area contributed by atoms with E-state index in [1.54, 1.807) is 11.9 Å². The van der Waals surface area contributed by atoms with Crippen molar-refractivity contribution in [2.24, 2.45) is 0 Å². The second-order valence-electron chi connectivity index (χ2n) is 5.93. The Bertz CT molecular complexity index is 607. The quantitative estimate of drug-likeness (QED) is 0.824. The van der Waals surface area contributed by atoms with E-state index in [2.05, 4.69) is 80.9 Å². The number of aryl methyl sites for hydroxylation is 1. The first-order valence-electron chi connectivity index (χ1n) is 6.96. The second-order valence-corrected chi connectivity index (χ2v) is 6.81. The zero-order chi connectivity index (χ0) is 16.6. The van der Waals surface area contributed by atoms with E-state index < -0.39 is 0 Å². The molecule has 0 aliphatic carbocycles. The third-order valence-corrected chi connectivity index (χ3v) is 3.90. The van der Waals surface area contributed by atoms with Gasteiger partial charge in [-0.1, -0.05) is 50.6 Å². The zero-order valence-corrected chi connectivity index (χ0v) is 14.2. The third kappa shape index (κ3) is 6.17. The van der Waals surface area contributed by atoms with Gasteiger partial charge in [-0.3, -0.25) is 0 Å². The smallest absolute Gasteiger partial charge is 0.326 e. The molecule has 0 spiro atoms. The number of anilines is 1. The number of nitrogens with one attached hydrogen (secondary N) is 1. The van der Waals surface area contributed by atoms with E-state index in [0.29, 0.717) is 0 Å². The topological polar surface area (TPSA) is 46.2 Å². The Hall–Kier alpha value is -2.03. The molecule has 2 aromatic rings. The minimum atomic E-state index is 0.216. The maximum Gasteiger partial charge on any atom is 0.373 e. The average molecular weight is 315 g/mol. The largest absolute Gasteiger partial charge is 0.373 e. The molecule has 0 fully saturated rings. The number of hydrogen-bond donors (Lipinski definition) is 1. The van der Waals surface area contributed by atoms with Gasteiger partial charge in [-0.05, 0) is 54.1 Å². The molecule has 0 atom stereocenters. The van der Waals surface area contributed by atoms with Gasteiger partial charge in [0.25, 0.3) is 0 Å². The van der Waals surface area contributed by atoms with E-state index in [1.165, 1.54) is 16.0 Å². The predicted octanol–water partition coefficient (Wildman–Crippen LogP) is 4.83. The van der Waals surface area contributed by atoms with Crippen molar-refractivity contribution in [3.05, 3.63) is 59.7 Å². The summed E-state index contributed by atoms with van der Waals surface area (Å²) >= 11 is 1.65. The SMILES string of the molecule is Cc1ccc(NSc2ccc(C(C)(C)C)cc2)cc1.O=C=O. The minimum Gasteiger partial charge on any atom is -0.326 e. The zero-order valence-electron chi connectivity index (χ0n) is 13.3. The van der Waals surface area contributed by atoms with Crippen LogP contribution in [0.1, 0.15) is 31.9 Å². The predicted molar refractivity (Wildman–Crippen MR) is 90.8 cm³/mol. The van der Waals surface area contributed by atoms with Crippen LogP contribution in [0.2, 0.25) is 0 Å². The van der Waals surface area contributed by atoms with Crippen LogP contribution in [0.4, 0.5) is 5.69 Å². The first kappa shape index (κ1) is 18.0. The summed E-state index contributed by atoms with van der Waals surface area (Å²) in [7, 11) is 0. The normalized spacial score (nSPS) is 10.2. The number of rotatable bonds is 3. The fourth-order valence-corrected chi connectivity index (χ4v) is 2.41. The summed E-state index contributed by atoms with van der Waals surface area (Å²) < 4.78 is 3.36. The molecule has 0 aliphatic rings. The standard InChI is InChI=1S/C17H21NS.CO2/c1-13-5-9-15(10-6-13)18-19-16-11-7-14(8-12-16)17(2,3)4;2-1-3/h5-12,18H,1-4H3;. The molecule has 3 nitrogen and oxygen atoms in total. The minimum absolute atomic E-state index is 0.216. The molecule has 0 saturated heterocycles. The Morgan fingerprint density at radius 1 is 0.909 bits per heavy atom. The molecule has 1 N–H and O–H groups in total. The van der Waals surface area contributed by atoms with Crippen LogP contribution in [0, 0.1) is 6.92 Å². The molecule has 4 heteroatoms. The van der Waals surface area contributed by atoms with Gasteiger partial charge in [-0.15, -0.1) is 0 Å². The van der Waals surface area contributed by atoms with Crippen molar-refractivity contribution in [1.82, 2.24) is 0 Å². The maximum atomic E-state index is 8.12. The maximum absolute atomic E-state index is 8.12. The van der Waals surface area contributed by atoms with Crippen LogP contribution in [0.5, 0.6) is 0 Å². The summed E-state index contributed by atoms with van der Waals surface area (Å²) in [4.78, 5) is 17.5. The van der Waals surface area contributed by atoms with E-state index in [-0.39, 0.29) is 11.6 Å². The number of benzene rings is 2. The average Bonchev–Trinajstić information content (AvgIpc) is 2.47. The Labute approximate surface area is 136 Å². The number of hydrogen-bond acceptors (Lipinski definition) is 4. The molecule has 0 heterocycles. The van der Waals surface area contributed by atoms with Gasteiger partial charge in [0.1, 0.15) is 0 Å². The first-order chi connectivity index (χ1) is 10.4. The lowest BCUT2D eigenvalue weighted by Crippen LogP contribution is -2.10. The highest BCUT2D eigenvalue weighted by Gasteiger charge is 2.12. The van der Waals surface area contributed by atoms with Crippen molar-refractivity contribution in [1.29, 1.82) is 0 Å². The van der Waals surface area contributed by atoms with Crippen LogP contribution in [0.3, 0.4) is 0 Å². The van der Waals surface area contributed by atoms with Crippen LogP contribution in [-0.4, -0.2) is 6.15 Å². The van der Waals surface area contributed by atoms with Crippen molar-refractivity contribution >= 4 is 23.8 Å². The van der Waals surface area contributed by atoms with Gasteiger partial charge in [0.2, 0.25) is 0 Å². The van der Waals surface area contributed by atoms with E-state index in [1.807, 2.05) is 0 Å². The highest BCUT2D eigenvalue weighted by Crippen LogP contribution is 2.26. The van der Waals surface area contributed by atoms with Crippen molar-refractivity contribution < 1.29 is 9.59 Å². The van der Waals surface area contributed by atoms with Crippen LogP contribution >= 0.6 is 11.9 Å². The highest BCUT2D eigenvalue weighted by atomic mass is 32.2. The lowest BCUT2D eigenvalue weighted by molar-refractivity contribution is -0.191. The molecule has 0 unspecified atom stereocenters. The molecule has 116 valence electrons. The van der Waals surface area contributed by atoms with Gasteiger partial charge in [-0.2, -0.15) is 9.59 Å². The molecule has 0 bridgehead atoms. The Morgan fingerprint density at radius 2 is 1.41 bits per heavy atom. The molecule has 0 aliphatic heterocycles. The van der Waals surface area contributed by atoms with E-state index in [0.717, 1.165) is 5.69 Å². The highest BCUT2D eigenvalue weighted by molar-refractivity contribution is 8.00. The van der Waals surface area contributed by atoms with Gasteiger partial charge >= 0.3 is 6.15 Å². The Balaban J connectivity index is 0.000000745. The van der Waals surface area contributed by atoms with E-state index in [9.17, 15) is 0 Å². The molecule has 0 amide bonds. The van der Waals surface area contributed by atoms with Crippen molar-refractivity contribution in [2.45, 2.75) is 38.0 Å². The van der Waals surface area contributed by atoms with E-state index >= 15 is 0 Å². The van der Waals surface area contributed by atoms with Crippen molar-refractivity contribution in [3.8, 4) is 0 Å². The van der Waals surface area contributed by atoms with Crippen molar-refractivity contribution in [2.75, 3.05) is 4.72 Å². The fourth-order valence-electron chi connectivity index (χ4n) is 1.76. The van der Waals surface area contributed by atoms with Gasteiger partial charge < -0.3 is 4.72 Å². The molecule has 2 rings (SSSR count). The summed E-state index contributed by atoms with van der Waals surface area (Å²) in [6.45, 7) is 8.81. The fraction of sp³-hybridized carbons (Fsp3) is 0.278. The molecule has 22 heavy (non-hydrogen) atoms. The molecule has 0 saturated carbocycles. The molecule has 2 aromatic carbocycles. The second kappa shape index (κ2) is 8.42. The van der Waals surface area contributed by atoms with Crippen LogP contribution in [0.15, 0.2) is 53.4 Å². The van der Waals surface area contributed by atoms with Gasteiger partial charge in [0, 0.05) is 10.6 Å². The first-order valence-corrected chi connectivity index (χ1v) is 7.78. The molecule has 0 radical (unpaired) electrons. The van der Waals surface area contributed by atoms with Gasteiger partial charge in [0.15, 0.2) is 0 Å². The Morgan fingerprint density at radius 3 is 1.86 bits per heavy atom. The van der Waals surface area contributed by atoms with Gasteiger partial charge in [0.05, 0.1) is 0 Å². The molecule has 0 aromatic heterocycles. The summed E-state index contributed by atoms with van der Waals surface area (Å²) in [5.74, 6) is 0. The van der Waals surface area contributed by atoms with Crippen molar-refractivity contribution in [3.63, 3.8) is 0 Å². The monoisotopic (exact) mass is 315 g/mol. The summed E-state index contributed by atoms with van der Waals surface area (Å²) in [6.07, 6.45) is 0.250. The summed E-state index contributed by atoms with van der Waals surface area (Å²) in [6, 6.07) is 17.2. The van der Waals surface area contributed by atoms with Gasteiger partial charge in [-0.25, -0.2) is 0 Å². The lowest BCUT2D eigenvalue weighted by atomic mass is 9.87. The lowest BCUT2D eigenvalue weighted by Gasteiger charge is -2.19.